The predicted molar refractivity (Wildman–Crippen MR) is 133 cm³/mol. The van der Waals surface area contributed by atoms with Crippen LogP contribution in [0, 0.1) is 13.8 Å². The number of halogens is 1. The van der Waals surface area contributed by atoms with Crippen LogP contribution < -0.4 is 9.62 Å². The molecule has 0 aliphatic rings. The molecule has 2 aromatic rings. The van der Waals surface area contributed by atoms with E-state index in [1.54, 1.807) is 50.2 Å². The van der Waals surface area contributed by atoms with E-state index in [0.29, 0.717) is 29.2 Å². The normalized spacial score (nSPS) is 12.2. The number of nitrogens with zero attached hydrogens (tertiary/aromatic N) is 2. The number of anilines is 1. The van der Waals surface area contributed by atoms with Crippen LogP contribution >= 0.6 is 11.6 Å². The maximum atomic E-state index is 13.6. The average molecular weight is 494 g/mol. The monoisotopic (exact) mass is 493 g/mol. The van der Waals surface area contributed by atoms with Crippen LogP contribution in [0.1, 0.15) is 37.0 Å². The molecule has 0 radical (unpaired) electrons. The average Bonchev–Trinajstić information content (AvgIpc) is 2.73. The molecular formula is C24H32ClN3O4S. The zero-order chi connectivity index (χ0) is 24.8. The molecule has 0 bridgehead atoms. The lowest BCUT2D eigenvalue weighted by Gasteiger charge is -2.33. The van der Waals surface area contributed by atoms with Gasteiger partial charge < -0.3 is 10.2 Å². The molecule has 1 N–H and O–H groups in total. The molecule has 0 fully saturated rings. The predicted octanol–water partition coefficient (Wildman–Crippen LogP) is 3.67. The summed E-state index contributed by atoms with van der Waals surface area (Å²) in [4.78, 5) is 27.8. The number of sulfonamides is 1. The van der Waals surface area contributed by atoms with Crippen molar-refractivity contribution in [1.82, 2.24) is 10.2 Å². The minimum absolute atomic E-state index is 0.0820. The van der Waals surface area contributed by atoms with Crippen molar-refractivity contribution in [2.24, 2.45) is 0 Å². The molecule has 0 spiro atoms. The Kier molecular flexibility index (Phi) is 9.31. The number of carbonyl (C=O) groups is 2. The van der Waals surface area contributed by atoms with Gasteiger partial charge in [-0.05, 0) is 50.5 Å². The van der Waals surface area contributed by atoms with Crippen molar-refractivity contribution < 1.29 is 18.0 Å². The largest absolute Gasteiger partial charge is 0.355 e. The second kappa shape index (κ2) is 11.5. The number of nitrogens with one attached hydrogen (secondary N) is 1. The minimum atomic E-state index is -3.77. The molecule has 0 saturated carbocycles. The van der Waals surface area contributed by atoms with E-state index >= 15 is 0 Å². The molecule has 0 aliphatic carbocycles. The van der Waals surface area contributed by atoms with Crippen LogP contribution in [0.25, 0.3) is 0 Å². The van der Waals surface area contributed by atoms with Gasteiger partial charge in [-0.2, -0.15) is 0 Å². The Labute approximate surface area is 201 Å². The number of hydrogen-bond donors (Lipinski definition) is 1. The Balaban J connectivity index is 2.48. The minimum Gasteiger partial charge on any atom is -0.355 e. The second-order valence-electron chi connectivity index (χ2n) is 7.99. The summed E-state index contributed by atoms with van der Waals surface area (Å²) < 4.78 is 26.4. The summed E-state index contributed by atoms with van der Waals surface area (Å²) in [6.07, 6.45) is 1.43. The molecule has 0 saturated heterocycles. The molecule has 2 aromatic carbocycles. The van der Waals surface area contributed by atoms with Gasteiger partial charge in [0, 0.05) is 18.1 Å². The number of benzene rings is 2. The SMILES string of the molecule is CCNC(=O)[C@@H](CC)N(Cc1ccccc1Cl)C(=O)CN(c1ccc(C)cc1C)S(C)(=O)=O. The zero-order valence-corrected chi connectivity index (χ0v) is 21.3. The van der Waals surface area contributed by atoms with Gasteiger partial charge in [-0.15, -0.1) is 0 Å². The van der Waals surface area contributed by atoms with Crippen LogP contribution in [0.3, 0.4) is 0 Å². The van der Waals surface area contributed by atoms with E-state index in [2.05, 4.69) is 5.32 Å². The van der Waals surface area contributed by atoms with Gasteiger partial charge >= 0.3 is 0 Å². The first-order valence-electron chi connectivity index (χ1n) is 10.8. The fraction of sp³-hybridized carbons (Fsp3) is 0.417. The third-order valence-electron chi connectivity index (χ3n) is 5.34. The number of aryl methyl sites for hydroxylation is 2. The molecule has 7 nitrogen and oxygen atoms in total. The van der Waals surface area contributed by atoms with Crippen LogP contribution in [0.4, 0.5) is 5.69 Å². The Bertz CT molecular complexity index is 1100. The first kappa shape index (κ1) is 26.7. The maximum absolute atomic E-state index is 13.6. The van der Waals surface area contributed by atoms with Crippen LogP contribution in [0.2, 0.25) is 5.02 Å². The number of hydrogen-bond acceptors (Lipinski definition) is 4. The summed E-state index contributed by atoms with van der Waals surface area (Å²) in [6.45, 7) is 7.40. The summed E-state index contributed by atoms with van der Waals surface area (Å²) in [5.74, 6) is -0.781. The van der Waals surface area contributed by atoms with Gasteiger partial charge in [-0.3, -0.25) is 13.9 Å². The maximum Gasteiger partial charge on any atom is 0.244 e. The summed E-state index contributed by atoms with van der Waals surface area (Å²) in [6, 6.07) is 11.7. The quantitative estimate of drug-likeness (QED) is 0.547. The van der Waals surface area contributed by atoms with Gasteiger partial charge in [0.25, 0.3) is 0 Å². The highest BCUT2D eigenvalue weighted by molar-refractivity contribution is 7.92. The first-order chi connectivity index (χ1) is 15.5. The number of amides is 2. The Morgan fingerprint density at radius 1 is 1.09 bits per heavy atom. The molecule has 180 valence electrons. The van der Waals surface area contributed by atoms with Gasteiger partial charge in [0.1, 0.15) is 12.6 Å². The Morgan fingerprint density at radius 3 is 2.30 bits per heavy atom. The summed E-state index contributed by atoms with van der Waals surface area (Å²) in [5.41, 5.74) is 2.83. The molecule has 2 amide bonds. The third kappa shape index (κ3) is 6.95. The topological polar surface area (TPSA) is 86.8 Å². The van der Waals surface area contributed by atoms with Crippen molar-refractivity contribution in [1.29, 1.82) is 0 Å². The summed E-state index contributed by atoms with van der Waals surface area (Å²) in [7, 11) is -3.77. The highest BCUT2D eigenvalue weighted by atomic mass is 35.5. The van der Waals surface area contributed by atoms with Crippen molar-refractivity contribution in [3.05, 3.63) is 64.2 Å². The lowest BCUT2D eigenvalue weighted by atomic mass is 10.1. The van der Waals surface area contributed by atoms with Gasteiger partial charge in [-0.25, -0.2) is 8.42 Å². The molecule has 0 aliphatic heterocycles. The van der Waals surface area contributed by atoms with Gasteiger partial charge in [0.05, 0.1) is 11.9 Å². The highest BCUT2D eigenvalue weighted by Gasteiger charge is 2.32. The standard InChI is InChI=1S/C24H32ClN3O4S/c1-6-21(24(30)26-7-2)27(15-19-10-8-9-11-20(19)25)23(29)16-28(33(5,31)32)22-13-12-17(3)14-18(22)4/h8-14,21H,6-7,15-16H2,1-5H3,(H,26,30)/t21-/m1/s1. The van der Waals surface area contributed by atoms with Crippen LogP contribution in [0.5, 0.6) is 0 Å². The summed E-state index contributed by atoms with van der Waals surface area (Å²) >= 11 is 6.33. The molecule has 0 aromatic heterocycles. The van der Waals surface area contributed by atoms with E-state index in [0.717, 1.165) is 21.7 Å². The molecule has 2 rings (SSSR count). The van der Waals surface area contributed by atoms with Crippen molar-refractivity contribution >= 4 is 39.1 Å². The molecule has 1 atom stereocenters. The zero-order valence-electron chi connectivity index (χ0n) is 19.8. The van der Waals surface area contributed by atoms with Gasteiger partial charge in [0.15, 0.2) is 0 Å². The molecule has 9 heteroatoms. The highest BCUT2D eigenvalue weighted by Crippen LogP contribution is 2.25. The van der Waals surface area contributed by atoms with Crippen LogP contribution in [-0.4, -0.2) is 50.5 Å². The van der Waals surface area contributed by atoms with Crippen LogP contribution in [0.15, 0.2) is 42.5 Å². The van der Waals surface area contributed by atoms with Crippen molar-refractivity contribution in [3.63, 3.8) is 0 Å². The second-order valence-corrected chi connectivity index (χ2v) is 10.3. The van der Waals surface area contributed by atoms with Gasteiger partial charge in [0.2, 0.25) is 21.8 Å². The van der Waals surface area contributed by atoms with Crippen molar-refractivity contribution in [2.75, 3.05) is 23.7 Å². The number of rotatable bonds is 10. The lowest BCUT2D eigenvalue weighted by Crippen LogP contribution is -2.52. The fourth-order valence-corrected chi connectivity index (χ4v) is 4.80. The number of carbonyl (C=O) groups excluding carboxylic acids is 2. The smallest absolute Gasteiger partial charge is 0.244 e. The number of likely N-dealkylation sites (N-methyl/N-ethyl adjacent to an activating group) is 1. The molecule has 0 unspecified atom stereocenters. The van der Waals surface area contributed by atoms with Crippen molar-refractivity contribution in [2.45, 2.75) is 46.7 Å². The van der Waals surface area contributed by atoms with E-state index in [9.17, 15) is 18.0 Å². The van der Waals surface area contributed by atoms with E-state index in [4.69, 9.17) is 11.6 Å². The lowest BCUT2D eigenvalue weighted by molar-refractivity contribution is -0.140. The molecular weight excluding hydrogens is 462 g/mol. The fourth-order valence-electron chi connectivity index (χ4n) is 3.70. The van der Waals surface area contributed by atoms with E-state index in [-0.39, 0.29) is 12.5 Å². The molecule has 0 heterocycles. The third-order valence-corrected chi connectivity index (χ3v) is 6.83. The van der Waals surface area contributed by atoms with Gasteiger partial charge in [-0.1, -0.05) is 54.4 Å². The van der Waals surface area contributed by atoms with E-state index in [1.807, 2.05) is 19.9 Å². The van der Waals surface area contributed by atoms with Crippen molar-refractivity contribution in [3.8, 4) is 0 Å². The van der Waals surface area contributed by atoms with E-state index < -0.39 is 28.5 Å². The summed E-state index contributed by atoms with van der Waals surface area (Å²) in [5, 5.41) is 3.23. The Morgan fingerprint density at radius 2 is 1.76 bits per heavy atom. The first-order valence-corrected chi connectivity index (χ1v) is 13.1. The molecule has 33 heavy (non-hydrogen) atoms. The van der Waals surface area contributed by atoms with Crippen LogP contribution in [-0.2, 0) is 26.2 Å². The Hall–Kier alpha value is -2.58. The van der Waals surface area contributed by atoms with E-state index in [1.165, 1.54) is 4.90 Å².